The molecule has 0 aliphatic carbocycles. The number of aromatic amines is 1. The Hall–Kier alpha value is -3.81. The third kappa shape index (κ3) is 4.92. The fraction of sp³-hybridized carbons (Fsp3) is 0.190. The van der Waals surface area contributed by atoms with E-state index in [-0.39, 0.29) is 0 Å². The van der Waals surface area contributed by atoms with E-state index in [9.17, 15) is 4.79 Å². The molecule has 150 valence electrons. The Morgan fingerprint density at radius 1 is 1.14 bits per heavy atom. The van der Waals surface area contributed by atoms with E-state index in [0.29, 0.717) is 29.5 Å². The molecule has 0 unspecified atom stereocenters. The van der Waals surface area contributed by atoms with Crippen LogP contribution < -0.4 is 19.6 Å². The Labute approximate surface area is 168 Å². The van der Waals surface area contributed by atoms with Crippen molar-refractivity contribution in [1.29, 1.82) is 0 Å². The van der Waals surface area contributed by atoms with Crippen molar-refractivity contribution in [1.82, 2.24) is 15.6 Å². The molecule has 0 saturated carbocycles. The van der Waals surface area contributed by atoms with Gasteiger partial charge >= 0.3 is 0 Å². The van der Waals surface area contributed by atoms with E-state index in [2.05, 4.69) is 20.7 Å². The molecular weight excluding hydrogens is 372 g/mol. The minimum absolute atomic E-state index is 0.297. The molecule has 0 saturated heterocycles. The van der Waals surface area contributed by atoms with Crippen LogP contribution in [-0.2, 0) is 0 Å². The first-order chi connectivity index (χ1) is 14.1. The number of H-pyrrole nitrogens is 1. The molecule has 3 rings (SSSR count). The van der Waals surface area contributed by atoms with Gasteiger partial charge in [0.05, 0.1) is 32.7 Å². The van der Waals surface area contributed by atoms with E-state index in [1.165, 1.54) is 6.21 Å². The van der Waals surface area contributed by atoms with Crippen LogP contribution in [0, 0.1) is 0 Å². The lowest BCUT2D eigenvalue weighted by molar-refractivity contribution is 0.0950. The quantitative estimate of drug-likeness (QED) is 0.451. The number of hydrazone groups is 1. The van der Waals surface area contributed by atoms with Crippen molar-refractivity contribution in [3.05, 3.63) is 59.8 Å². The number of carbonyl (C=O) groups excluding carboxylic acids is 1. The van der Waals surface area contributed by atoms with Crippen LogP contribution in [0.25, 0.3) is 11.3 Å². The van der Waals surface area contributed by atoms with Crippen molar-refractivity contribution in [2.24, 2.45) is 5.10 Å². The normalized spacial score (nSPS) is 10.7. The Bertz CT molecular complexity index is 1010. The minimum atomic E-state index is -0.401. The molecule has 3 aromatic rings. The zero-order valence-electron chi connectivity index (χ0n) is 16.4. The van der Waals surface area contributed by atoms with Gasteiger partial charge in [0, 0.05) is 5.56 Å². The lowest BCUT2D eigenvalue weighted by Gasteiger charge is -2.07. The lowest BCUT2D eigenvalue weighted by Crippen LogP contribution is -2.18. The molecule has 2 aromatic carbocycles. The number of ether oxygens (including phenoxy) is 3. The summed E-state index contributed by atoms with van der Waals surface area (Å²) in [5.41, 5.74) is 5.01. The Morgan fingerprint density at radius 3 is 2.72 bits per heavy atom. The van der Waals surface area contributed by atoms with Crippen LogP contribution in [0.15, 0.2) is 53.6 Å². The standard InChI is InChI=1S/C21H22N4O4/c1-4-29-16-7-5-6-15(11-16)17-12-18(24-23-17)21(26)25-22-13-14-8-9-19(27-2)20(10-14)28-3/h5-13H,4H2,1-3H3,(H,23,24)(H,25,26). The second-order valence-corrected chi connectivity index (χ2v) is 5.94. The highest BCUT2D eigenvalue weighted by molar-refractivity contribution is 5.94. The molecule has 0 atom stereocenters. The SMILES string of the molecule is CCOc1cccc(-c2cc(C(=O)NN=Cc3ccc(OC)c(OC)c3)[nH]n2)c1. The zero-order valence-corrected chi connectivity index (χ0v) is 16.4. The van der Waals surface area contributed by atoms with Crippen LogP contribution in [0.4, 0.5) is 0 Å². The molecule has 29 heavy (non-hydrogen) atoms. The summed E-state index contributed by atoms with van der Waals surface area (Å²) in [6, 6.07) is 14.5. The summed E-state index contributed by atoms with van der Waals surface area (Å²) in [7, 11) is 3.12. The van der Waals surface area contributed by atoms with Crippen molar-refractivity contribution >= 4 is 12.1 Å². The number of nitrogens with zero attached hydrogens (tertiary/aromatic N) is 2. The molecule has 1 heterocycles. The van der Waals surface area contributed by atoms with Gasteiger partial charge in [0.1, 0.15) is 11.4 Å². The smallest absolute Gasteiger partial charge is 0.289 e. The predicted octanol–water partition coefficient (Wildman–Crippen LogP) is 3.26. The highest BCUT2D eigenvalue weighted by Gasteiger charge is 2.11. The molecule has 0 aliphatic rings. The average molecular weight is 394 g/mol. The van der Waals surface area contributed by atoms with Gasteiger partial charge in [-0.1, -0.05) is 12.1 Å². The zero-order chi connectivity index (χ0) is 20.6. The second kappa shape index (κ2) is 9.41. The minimum Gasteiger partial charge on any atom is -0.494 e. The molecule has 1 amide bonds. The molecule has 0 radical (unpaired) electrons. The number of nitrogens with one attached hydrogen (secondary N) is 2. The fourth-order valence-corrected chi connectivity index (χ4v) is 2.66. The van der Waals surface area contributed by atoms with Crippen molar-refractivity contribution in [3.63, 3.8) is 0 Å². The number of benzene rings is 2. The summed E-state index contributed by atoms with van der Waals surface area (Å²) in [5.74, 6) is 1.54. The van der Waals surface area contributed by atoms with Crippen LogP contribution in [0.1, 0.15) is 23.0 Å². The van der Waals surface area contributed by atoms with Gasteiger partial charge in [0.2, 0.25) is 0 Å². The van der Waals surface area contributed by atoms with E-state index in [4.69, 9.17) is 14.2 Å². The third-order valence-corrected chi connectivity index (χ3v) is 4.05. The van der Waals surface area contributed by atoms with Crippen molar-refractivity contribution in [2.45, 2.75) is 6.92 Å². The van der Waals surface area contributed by atoms with Crippen LogP contribution in [0.3, 0.4) is 0 Å². The predicted molar refractivity (Wildman–Crippen MR) is 110 cm³/mol. The highest BCUT2D eigenvalue weighted by Crippen LogP contribution is 2.27. The average Bonchev–Trinajstić information content (AvgIpc) is 3.24. The Kier molecular flexibility index (Phi) is 6.47. The second-order valence-electron chi connectivity index (χ2n) is 5.94. The van der Waals surface area contributed by atoms with Gasteiger partial charge < -0.3 is 14.2 Å². The molecular formula is C21H22N4O4. The fourth-order valence-electron chi connectivity index (χ4n) is 2.66. The maximum absolute atomic E-state index is 12.3. The summed E-state index contributed by atoms with van der Waals surface area (Å²) in [5, 5.41) is 10.9. The van der Waals surface area contributed by atoms with Gasteiger partial charge in [-0.25, -0.2) is 5.43 Å². The van der Waals surface area contributed by atoms with E-state index in [1.54, 1.807) is 38.5 Å². The van der Waals surface area contributed by atoms with Crippen LogP contribution >= 0.6 is 0 Å². The first kappa shape index (κ1) is 19.9. The maximum atomic E-state index is 12.3. The first-order valence-corrected chi connectivity index (χ1v) is 8.98. The molecule has 8 heteroatoms. The molecule has 1 aromatic heterocycles. The summed E-state index contributed by atoms with van der Waals surface area (Å²) >= 11 is 0. The maximum Gasteiger partial charge on any atom is 0.289 e. The number of rotatable bonds is 8. The summed E-state index contributed by atoms with van der Waals surface area (Å²) < 4.78 is 15.9. The van der Waals surface area contributed by atoms with E-state index in [1.807, 2.05) is 31.2 Å². The number of methoxy groups -OCH3 is 2. The van der Waals surface area contributed by atoms with E-state index >= 15 is 0 Å². The Morgan fingerprint density at radius 2 is 1.97 bits per heavy atom. The molecule has 0 spiro atoms. The highest BCUT2D eigenvalue weighted by atomic mass is 16.5. The molecule has 0 fully saturated rings. The van der Waals surface area contributed by atoms with Gasteiger partial charge in [0.25, 0.3) is 5.91 Å². The molecule has 0 bridgehead atoms. The Balaban J connectivity index is 1.66. The number of hydrogen-bond acceptors (Lipinski definition) is 6. The molecule has 2 N–H and O–H groups in total. The number of aromatic nitrogens is 2. The van der Waals surface area contributed by atoms with Crippen LogP contribution in [0.5, 0.6) is 17.2 Å². The topological polar surface area (TPSA) is 97.8 Å². The first-order valence-electron chi connectivity index (χ1n) is 8.98. The molecule has 8 nitrogen and oxygen atoms in total. The van der Waals surface area contributed by atoms with Gasteiger partial charge in [-0.2, -0.15) is 10.2 Å². The van der Waals surface area contributed by atoms with Gasteiger partial charge in [-0.05, 0) is 48.9 Å². The van der Waals surface area contributed by atoms with Crippen LogP contribution in [0.2, 0.25) is 0 Å². The van der Waals surface area contributed by atoms with Crippen LogP contribution in [-0.4, -0.2) is 43.1 Å². The summed E-state index contributed by atoms with van der Waals surface area (Å²) in [6.07, 6.45) is 1.52. The number of amides is 1. The number of hydrogen-bond donors (Lipinski definition) is 2. The van der Waals surface area contributed by atoms with Crippen molar-refractivity contribution in [2.75, 3.05) is 20.8 Å². The summed E-state index contributed by atoms with van der Waals surface area (Å²) in [6.45, 7) is 2.50. The molecule has 0 aliphatic heterocycles. The van der Waals surface area contributed by atoms with Gasteiger partial charge in [-0.3, -0.25) is 9.89 Å². The lowest BCUT2D eigenvalue weighted by atomic mass is 10.1. The van der Waals surface area contributed by atoms with E-state index in [0.717, 1.165) is 16.9 Å². The van der Waals surface area contributed by atoms with E-state index < -0.39 is 5.91 Å². The number of carbonyl (C=O) groups is 1. The third-order valence-electron chi connectivity index (χ3n) is 4.05. The largest absolute Gasteiger partial charge is 0.494 e. The summed E-state index contributed by atoms with van der Waals surface area (Å²) in [4.78, 5) is 12.3. The van der Waals surface area contributed by atoms with Gasteiger partial charge in [-0.15, -0.1) is 0 Å². The monoisotopic (exact) mass is 394 g/mol. The van der Waals surface area contributed by atoms with Crippen molar-refractivity contribution < 1.29 is 19.0 Å². The van der Waals surface area contributed by atoms with Gasteiger partial charge in [0.15, 0.2) is 11.5 Å². The van der Waals surface area contributed by atoms with Crippen molar-refractivity contribution in [3.8, 4) is 28.5 Å².